The summed E-state index contributed by atoms with van der Waals surface area (Å²) < 4.78 is 7.11. The van der Waals surface area contributed by atoms with Crippen molar-refractivity contribution >= 4 is 11.7 Å². The van der Waals surface area contributed by atoms with Crippen molar-refractivity contribution in [3.05, 3.63) is 59.2 Å². The van der Waals surface area contributed by atoms with Crippen LogP contribution >= 0.6 is 0 Å². The number of nitrogens with one attached hydrogen (secondary N) is 2. The third-order valence-electron chi connectivity index (χ3n) is 4.03. The molecule has 0 aliphatic rings. The average molecular weight is 367 g/mol. The fourth-order valence-electron chi connectivity index (χ4n) is 2.87. The Morgan fingerprint density at radius 3 is 2.56 bits per heavy atom. The normalized spacial score (nSPS) is 11.0. The number of nitrogens with zero attached hydrogens (tertiary/aromatic N) is 3. The molecule has 27 heavy (non-hydrogen) atoms. The highest BCUT2D eigenvalue weighted by molar-refractivity contribution is 5.89. The molecule has 0 aliphatic heterocycles. The van der Waals surface area contributed by atoms with Gasteiger partial charge < -0.3 is 15.2 Å². The number of aromatic nitrogens is 3. The van der Waals surface area contributed by atoms with Crippen molar-refractivity contribution in [3.8, 4) is 5.69 Å². The van der Waals surface area contributed by atoms with E-state index in [-0.39, 0.29) is 6.03 Å². The quantitative estimate of drug-likeness (QED) is 0.690. The van der Waals surface area contributed by atoms with Crippen molar-refractivity contribution in [2.45, 2.75) is 40.7 Å². The number of benzene rings is 1. The standard InChI is InChI=1S/C20H25N5O2/c1-13(2)9-17-11-19(27-24-17)12-21-20(26)22-16-5-7-18(8-6-16)25-15(4)10-14(3)23-25/h5-8,10-11,13H,9,12H2,1-4H3,(H2,21,22,26). The number of urea groups is 1. The van der Waals surface area contributed by atoms with Gasteiger partial charge >= 0.3 is 6.03 Å². The van der Waals surface area contributed by atoms with Crippen molar-refractivity contribution in [2.24, 2.45) is 5.92 Å². The first-order chi connectivity index (χ1) is 12.9. The molecule has 0 aliphatic carbocycles. The largest absolute Gasteiger partial charge is 0.359 e. The molecular formula is C20H25N5O2. The van der Waals surface area contributed by atoms with E-state index in [9.17, 15) is 4.79 Å². The highest BCUT2D eigenvalue weighted by atomic mass is 16.5. The third kappa shape index (κ3) is 4.97. The Bertz CT molecular complexity index is 909. The molecule has 2 amide bonds. The lowest BCUT2D eigenvalue weighted by Crippen LogP contribution is -2.28. The summed E-state index contributed by atoms with van der Waals surface area (Å²) in [5.74, 6) is 1.15. The zero-order valence-electron chi connectivity index (χ0n) is 16.1. The molecule has 1 aromatic carbocycles. The molecule has 0 atom stereocenters. The second-order valence-electron chi connectivity index (χ2n) is 7.08. The lowest BCUT2D eigenvalue weighted by Gasteiger charge is -2.08. The van der Waals surface area contributed by atoms with Crippen LogP contribution in [0.25, 0.3) is 5.69 Å². The van der Waals surface area contributed by atoms with E-state index in [2.05, 4.69) is 34.7 Å². The monoisotopic (exact) mass is 367 g/mol. The van der Waals surface area contributed by atoms with Crippen molar-refractivity contribution in [1.82, 2.24) is 20.3 Å². The van der Waals surface area contributed by atoms with Crippen LogP contribution < -0.4 is 10.6 Å². The number of aryl methyl sites for hydroxylation is 2. The Labute approximate surface area is 158 Å². The predicted octanol–water partition coefficient (Wildman–Crippen LogP) is 4.00. The number of carbonyl (C=O) groups is 1. The van der Waals surface area contributed by atoms with E-state index in [4.69, 9.17) is 4.52 Å². The van der Waals surface area contributed by atoms with Crippen molar-refractivity contribution in [3.63, 3.8) is 0 Å². The molecule has 142 valence electrons. The van der Waals surface area contributed by atoms with Crippen LogP contribution in [0.15, 0.2) is 40.9 Å². The van der Waals surface area contributed by atoms with Crippen LogP contribution in [-0.4, -0.2) is 21.0 Å². The minimum absolute atomic E-state index is 0.292. The third-order valence-corrected chi connectivity index (χ3v) is 4.03. The van der Waals surface area contributed by atoms with E-state index in [1.165, 1.54) is 0 Å². The smallest absolute Gasteiger partial charge is 0.319 e. The molecule has 3 aromatic rings. The molecule has 3 rings (SSSR count). The fourth-order valence-corrected chi connectivity index (χ4v) is 2.87. The van der Waals surface area contributed by atoms with E-state index in [0.29, 0.717) is 23.9 Å². The Hall–Kier alpha value is -3.09. The van der Waals surface area contributed by atoms with Gasteiger partial charge in [0.2, 0.25) is 0 Å². The molecule has 0 fully saturated rings. The summed E-state index contributed by atoms with van der Waals surface area (Å²) in [7, 11) is 0. The number of rotatable bonds is 6. The lowest BCUT2D eigenvalue weighted by atomic mass is 10.1. The summed E-state index contributed by atoms with van der Waals surface area (Å²) in [6.07, 6.45) is 0.858. The van der Waals surface area contributed by atoms with E-state index in [1.54, 1.807) is 0 Å². The first-order valence-electron chi connectivity index (χ1n) is 9.03. The molecule has 0 bridgehead atoms. The molecule has 2 heterocycles. The molecule has 7 heteroatoms. The molecule has 7 nitrogen and oxygen atoms in total. The topological polar surface area (TPSA) is 85.0 Å². The van der Waals surface area contributed by atoms with Crippen molar-refractivity contribution < 1.29 is 9.32 Å². The Morgan fingerprint density at radius 2 is 1.93 bits per heavy atom. The van der Waals surface area contributed by atoms with Gasteiger partial charge in [-0.3, -0.25) is 0 Å². The van der Waals surface area contributed by atoms with Crippen molar-refractivity contribution in [1.29, 1.82) is 0 Å². The zero-order valence-corrected chi connectivity index (χ0v) is 16.1. The van der Waals surface area contributed by atoms with Crippen LogP contribution in [0.5, 0.6) is 0 Å². The van der Waals surface area contributed by atoms with E-state index < -0.39 is 0 Å². The lowest BCUT2D eigenvalue weighted by molar-refractivity contribution is 0.250. The molecule has 2 aromatic heterocycles. The van der Waals surface area contributed by atoms with Gasteiger partial charge in [-0.25, -0.2) is 9.48 Å². The van der Waals surface area contributed by atoms with Gasteiger partial charge in [-0.05, 0) is 56.5 Å². The molecule has 0 saturated heterocycles. The Balaban J connectivity index is 1.53. The maximum absolute atomic E-state index is 12.1. The number of hydrogen-bond acceptors (Lipinski definition) is 4. The first-order valence-corrected chi connectivity index (χ1v) is 9.03. The van der Waals surface area contributed by atoms with Gasteiger partial charge in [0.1, 0.15) is 0 Å². The molecule has 0 radical (unpaired) electrons. The van der Waals surface area contributed by atoms with Gasteiger partial charge in [0.15, 0.2) is 5.76 Å². The van der Waals surface area contributed by atoms with Crippen LogP contribution in [0.3, 0.4) is 0 Å². The minimum atomic E-state index is -0.296. The molecule has 2 N–H and O–H groups in total. The number of amides is 2. The highest BCUT2D eigenvalue weighted by Crippen LogP contribution is 2.15. The molecular weight excluding hydrogens is 342 g/mol. The maximum atomic E-state index is 12.1. The number of anilines is 1. The van der Waals surface area contributed by atoms with Crippen LogP contribution in [0.4, 0.5) is 10.5 Å². The predicted molar refractivity (Wildman–Crippen MR) is 104 cm³/mol. The minimum Gasteiger partial charge on any atom is -0.359 e. The summed E-state index contributed by atoms with van der Waals surface area (Å²) in [4.78, 5) is 12.1. The summed E-state index contributed by atoms with van der Waals surface area (Å²) in [6.45, 7) is 8.51. The van der Waals surface area contributed by atoms with E-state index >= 15 is 0 Å². The fraction of sp³-hybridized carbons (Fsp3) is 0.350. The number of carbonyl (C=O) groups excluding carboxylic acids is 1. The summed E-state index contributed by atoms with van der Waals surface area (Å²) in [5, 5.41) is 14.0. The second kappa shape index (κ2) is 8.07. The van der Waals surface area contributed by atoms with Gasteiger partial charge in [0.05, 0.1) is 23.6 Å². The molecule has 0 saturated carbocycles. The van der Waals surface area contributed by atoms with Crippen molar-refractivity contribution in [2.75, 3.05) is 5.32 Å². The van der Waals surface area contributed by atoms with Crippen LogP contribution in [-0.2, 0) is 13.0 Å². The first kappa shape index (κ1) is 18.7. The van der Waals surface area contributed by atoms with Crippen LogP contribution in [0.2, 0.25) is 0 Å². The van der Waals surface area contributed by atoms with Gasteiger partial charge in [-0.2, -0.15) is 5.10 Å². The molecule has 0 unspecified atom stereocenters. The van der Waals surface area contributed by atoms with E-state index in [0.717, 1.165) is 29.2 Å². The maximum Gasteiger partial charge on any atom is 0.319 e. The SMILES string of the molecule is Cc1cc(C)n(-c2ccc(NC(=O)NCc3cc(CC(C)C)no3)cc2)n1. The highest BCUT2D eigenvalue weighted by Gasteiger charge is 2.09. The summed E-state index contributed by atoms with van der Waals surface area (Å²) >= 11 is 0. The van der Waals surface area contributed by atoms with Crippen LogP contribution in [0, 0.1) is 19.8 Å². The second-order valence-corrected chi connectivity index (χ2v) is 7.08. The zero-order chi connectivity index (χ0) is 19.4. The van der Waals surface area contributed by atoms with Gasteiger partial charge in [0.25, 0.3) is 0 Å². The van der Waals surface area contributed by atoms with Crippen LogP contribution in [0.1, 0.15) is 36.7 Å². The number of hydrogen-bond donors (Lipinski definition) is 2. The average Bonchev–Trinajstić information content (AvgIpc) is 3.19. The summed E-state index contributed by atoms with van der Waals surface area (Å²) in [5.41, 5.74) is 4.59. The Kier molecular flexibility index (Phi) is 5.59. The van der Waals surface area contributed by atoms with Gasteiger partial charge in [-0.1, -0.05) is 19.0 Å². The van der Waals surface area contributed by atoms with E-state index in [1.807, 2.05) is 54.9 Å². The van der Waals surface area contributed by atoms with Gasteiger partial charge in [0, 0.05) is 17.4 Å². The summed E-state index contributed by atoms with van der Waals surface area (Å²) in [6, 6.07) is 11.1. The molecule has 0 spiro atoms. The Morgan fingerprint density at radius 1 is 1.19 bits per heavy atom. The van der Waals surface area contributed by atoms with Gasteiger partial charge in [-0.15, -0.1) is 0 Å².